The van der Waals surface area contributed by atoms with Crippen LogP contribution < -0.4 is 14.8 Å². The van der Waals surface area contributed by atoms with Gasteiger partial charge in [-0.25, -0.2) is 19.2 Å². The van der Waals surface area contributed by atoms with Crippen molar-refractivity contribution in [1.82, 2.24) is 9.97 Å². The van der Waals surface area contributed by atoms with Gasteiger partial charge in [0.1, 0.15) is 47.9 Å². The molecule has 0 bridgehead atoms. The molecule has 0 amide bonds. The van der Waals surface area contributed by atoms with E-state index < -0.39 is 12.1 Å². The highest BCUT2D eigenvalue weighted by atomic mass is 35.5. The molecule has 42 heavy (non-hydrogen) atoms. The lowest BCUT2D eigenvalue weighted by Gasteiger charge is -2.24. The number of nitrogens with one attached hydrogen (secondary N) is 1. The zero-order valence-corrected chi connectivity index (χ0v) is 22.5. The van der Waals surface area contributed by atoms with Gasteiger partial charge in [0.05, 0.1) is 29.1 Å². The van der Waals surface area contributed by atoms with Crippen LogP contribution in [0.15, 0.2) is 60.9 Å². The van der Waals surface area contributed by atoms with E-state index in [1.165, 1.54) is 18.5 Å². The maximum absolute atomic E-state index is 13.4. The molecule has 3 N–H and O–H groups in total. The average molecular weight is 610 g/mol. The van der Waals surface area contributed by atoms with Crippen LogP contribution in [0, 0.1) is 5.82 Å². The van der Waals surface area contributed by atoms with Crippen LogP contribution >= 0.6 is 11.6 Å². The number of aromatic nitrogens is 2. The van der Waals surface area contributed by atoms with Crippen LogP contribution in [0.4, 0.5) is 29.1 Å². The van der Waals surface area contributed by atoms with Gasteiger partial charge in [-0.15, -0.1) is 0 Å². The van der Waals surface area contributed by atoms with Crippen molar-refractivity contribution >= 4 is 40.0 Å². The minimum Gasteiger partial charge on any atom is -0.508 e. The van der Waals surface area contributed by atoms with Crippen molar-refractivity contribution in [2.45, 2.75) is 31.7 Å². The van der Waals surface area contributed by atoms with E-state index in [2.05, 4.69) is 15.3 Å². The van der Waals surface area contributed by atoms with Crippen LogP contribution in [-0.2, 0) is 16.1 Å². The summed E-state index contributed by atoms with van der Waals surface area (Å²) in [6.45, 7) is 1.46. The third-order valence-corrected chi connectivity index (χ3v) is 6.16. The van der Waals surface area contributed by atoms with Crippen LogP contribution in [0.25, 0.3) is 10.9 Å². The van der Waals surface area contributed by atoms with Gasteiger partial charge in [0, 0.05) is 30.7 Å². The first-order valence-electron chi connectivity index (χ1n) is 12.5. The molecular weight excluding hydrogens is 586 g/mol. The van der Waals surface area contributed by atoms with Crippen LogP contribution in [0.1, 0.15) is 18.4 Å². The number of alkyl halides is 3. The van der Waals surface area contributed by atoms with E-state index in [4.69, 9.17) is 35.7 Å². The normalized spacial score (nSPS) is 13.6. The van der Waals surface area contributed by atoms with Gasteiger partial charge >= 0.3 is 12.1 Å². The summed E-state index contributed by atoms with van der Waals surface area (Å²) in [6, 6.07) is 14.6. The largest absolute Gasteiger partial charge is 0.508 e. The van der Waals surface area contributed by atoms with Crippen molar-refractivity contribution in [2.75, 3.05) is 18.5 Å². The van der Waals surface area contributed by atoms with E-state index in [0.717, 1.165) is 12.8 Å². The number of rotatable bonds is 7. The Morgan fingerprint density at radius 3 is 2.48 bits per heavy atom. The molecule has 0 radical (unpaired) electrons. The summed E-state index contributed by atoms with van der Waals surface area (Å²) in [5.74, 6) is -1.53. The van der Waals surface area contributed by atoms with E-state index in [0.29, 0.717) is 57.7 Å². The smallest absolute Gasteiger partial charge is 0.490 e. The van der Waals surface area contributed by atoms with E-state index >= 15 is 0 Å². The second kappa shape index (κ2) is 13.5. The third-order valence-electron chi connectivity index (χ3n) is 5.87. The fraction of sp³-hybridized carbons (Fsp3) is 0.250. The molecule has 9 nitrogen and oxygen atoms in total. The minimum absolute atomic E-state index is 0.0224. The predicted molar refractivity (Wildman–Crippen MR) is 145 cm³/mol. The Kier molecular flexibility index (Phi) is 9.86. The molecule has 0 saturated carbocycles. The van der Waals surface area contributed by atoms with E-state index in [1.807, 2.05) is 0 Å². The van der Waals surface area contributed by atoms with Crippen molar-refractivity contribution in [3.05, 3.63) is 77.3 Å². The Morgan fingerprint density at radius 1 is 1.07 bits per heavy atom. The monoisotopic (exact) mass is 609 g/mol. The molecule has 0 atom stereocenters. The maximum Gasteiger partial charge on any atom is 0.490 e. The fourth-order valence-corrected chi connectivity index (χ4v) is 4.16. The Labute approximate surface area is 241 Å². The third kappa shape index (κ3) is 8.33. The van der Waals surface area contributed by atoms with Crippen molar-refractivity contribution in [3.63, 3.8) is 0 Å². The van der Waals surface area contributed by atoms with Crippen LogP contribution in [0.2, 0.25) is 5.02 Å². The molecule has 1 aliphatic rings. The van der Waals surface area contributed by atoms with Gasteiger partial charge in [-0.1, -0.05) is 23.7 Å². The van der Waals surface area contributed by atoms with Gasteiger partial charge in [-0.2, -0.15) is 13.2 Å². The lowest BCUT2D eigenvalue weighted by molar-refractivity contribution is -0.192. The van der Waals surface area contributed by atoms with Crippen molar-refractivity contribution in [1.29, 1.82) is 0 Å². The Balaban J connectivity index is 0.000000517. The number of benzene rings is 3. The van der Waals surface area contributed by atoms with Gasteiger partial charge < -0.3 is 29.7 Å². The highest BCUT2D eigenvalue weighted by Crippen LogP contribution is 2.37. The summed E-state index contributed by atoms with van der Waals surface area (Å²) in [5.41, 5.74) is 1.93. The highest BCUT2D eigenvalue weighted by molar-refractivity contribution is 6.32. The number of aliphatic carboxylic acids is 1. The molecule has 1 aromatic heterocycles. The number of halogens is 5. The first-order chi connectivity index (χ1) is 20.0. The van der Waals surface area contributed by atoms with Gasteiger partial charge in [0.2, 0.25) is 0 Å². The molecule has 0 aliphatic carbocycles. The van der Waals surface area contributed by atoms with E-state index in [1.54, 1.807) is 42.5 Å². The topological polar surface area (TPSA) is 123 Å². The summed E-state index contributed by atoms with van der Waals surface area (Å²) in [5, 5.41) is 21.6. The molecule has 0 unspecified atom stereocenters. The second-order valence-corrected chi connectivity index (χ2v) is 9.39. The van der Waals surface area contributed by atoms with Gasteiger partial charge in [-0.3, -0.25) is 0 Å². The quantitative estimate of drug-likeness (QED) is 0.198. The lowest BCUT2D eigenvalue weighted by Crippen LogP contribution is -2.26. The molecular formula is C28H24ClF4N3O6. The van der Waals surface area contributed by atoms with Crippen molar-refractivity contribution in [2.24, 2.45) is 0 Å². The Morgan fingerprint density at radius 2 is 1.81 bits per heavy atom. The molecule has 4 aromatic rings. The van der Waals surface area contributed by atoms with Crippen LogP contribution in [-0.4, -0.2) is 51.6 Å². The molecule has 0 spiro atoms. The molecule has 1 fully saturated rings. The number of carboxylic acids is 1. The van der Waals surface area contributed by atoms with Crippen LogP contribution in [0.3, 0.4) is 0 Å². The summed E-state index contributed by atoms with van der Waals surface area (Å²) in [4.78, 5) is 17.6. The predicted octanol–water partition coefficient (Wildman–Crippen LogP) is 6.64. The fourth-order valence-electron chi connectivity index (χ4n) is 3.92. The van der Waals surface area contributed by atoms with Crippen molar-refractivity contribution in [3.8, 4) is 17.2 Å². The number of phenols is 1. The molecule has 1 aliphatic heterocycles. The van der Waals surface area contributed by atoms with Crippen molar-refractivity contribution < 1.29 is 46.8 Å². The number of hydrogen-bond donors (Lipinski definition) is 3. The summed E-state index contributed by atoms with van der Waals surface area (Å²) >= 11 is 6.45. The average Bonchev–Trinajstić information content (AvgIpc) is 2.93. The first kappa shape index (κ1) is 30.6. The molecule has 14 heteroatoms. The number of nitrogens with zero attached hydrogens (tertiary/aromatic N) is 2. The Hall–Kier alpha value is -4.36. The lowest BCUT2D eigenvalue weighted by atomic mass is 10.1. The molecule has 3 aromatic carbocycles. The number of hydrogen-bond acceptors (Lipinski definition) is 8. The summed E-state index contributed by atoms with van der Waals surface area (Å²) < 4.78 is 62.5. The SMILES string of the molecule is O=C(O)C(F)(F)F.Oc1cc(OC2CCOCC2)c2c(Nc3ccc(OCc4cccc(F)c4)c(Cl)c3)ncnc2c1. The number of carboxylic acid groups (broad SMARTS) is 1. The van der Waals surface area contributed by atoms with Gasteiger partial charge in [0.25, 0.3) is 0 Å². The second-order valence-electron chi connectivity index (χ2n) is 8.98. The standard InChI is InChI=1S/C26H23ClFN3O4.C2HF3O2/c27-21-11-18(4-5-23(21)34-14-16-2-1-3-17(28)10-16)31-26-25-22(29-15-30-26)12-19(32)13-24(25)35-20-6-8-33-9-7-20;3-2(4,5)1(6)7/h1-5,10-13,15,20,32H,6-9,14H2,(H,29,30,31);(H,6,7). The number of carbonyl (C=O) groups is 1. The first-order valence-corrected chi connectivity index (χ1v) is 12.8. The van der Waals surface area contributed by atoms with Gasteiger partial charge in [-0.05, 0) is 35.9 Å². The zero-order chi connectivity index (χ0) is 30.3. The molecule has 2 heterocycles. The maximum atomic E-state index is 13.4. The molecule has 222 valence electrons. The minimum atomic E-state index is -5.08. The number of aromatic hydroxyl groups is 1. The molecule has 5 rings (SSSR count). The van der Waals surface area contributed by atoms with Gasteiger partial charge in [0.15, 0.2) is 0 Å². The Bertz CT molecular complexity index is 1550. The van der Waals surface area contributed by atoms with E-state index in [9.17, 15) is 22.7 Å². The summed E-state index contributed by atoms with van der Waals surface area (Å²) in [6.07, 6.45) is -2.16. The molecule has 1 saturated heterocycles. The number of ether oxygens (including phenoxy) is 3. The van der Waals surface area contributed by atoms with E-state index in [-0.39, 0.29) is 24.3 Å². The van der Waals surface area contributed by atoms with Crippen LogP contribution in [0.5, 0.6) is 17.2 Å². The number of anilines is 2. The summed E-state index contributed by atoms with van der Waals surface area (Å²) in [7, 11) is 0. The highest BCUT2D eigenvalue weighted by Gasteiger charge is 2.38. The number of fused-ring (bicyclic) bond motifs is 1. The zero-order valence-electron chi connectivity index (χ0n) is 21.7. The number of phenolic OH excluding ortho intramolecular Hbond substituents is 1.